The number of benzene rings is 2. The molecule has 3 N–H and O–H groups in total. The number of hydrogen-bond donors (Lipinski definition) is 3. The summed E-state index contributed by atoms with van der Waals surface area (Å²) in [6.45, 7) is 0. The van der Waals surface area contributed by atoms with Crippen LogP contribution in [0.25, 0.3) is 11.5 Å². The van der Waals surface area contributed by atoms with Crippen LogP contribution >= 0.6 is 0 Å². The molecule has 3 heterocycles. The number of amides is 1. The molecule has 12 heteroatoms. The number of carbonyl (C=O) groups excluding carboxylic acids is 1. The fourth-order valence-electron chi connectivity index (χ4n) is 3.05. The van der Waals surface area contributed by atoms with E-state index in [-0.39, 0.29) is 28.9 Å². The molecule has 1 amide bonds. The molecule has 33 heavy (non-hydrogen) atoms. The highest BCUT2D eigenvalue weighted by Gasteiger charge is 2.46. The zero-order valence-electron chi connectivity index (χ0n) is 16.5. The number of anilines is 5. The first-order valence-corrected chi connectivity index (χ1v) is 9.46. The molecular weight excluding hydrogens is 441 g/mol. The van der Waals surface area contributed by atoms with Gasteiger partial charge in [0.1, 0.15) is 6.26 Å². The van der Waals surface area contributed by atoms with Crippen LogP contribution in [-0.4, -0.2) is 27.0 Å². The molecule has 1 aliphatic rings. The average molecular weight is 454 g/mol. The van der Waals surface area contributed by atoms with Crippen molar-refractivity contribution in [1.29, 1.82) is 0 Å². The first-order valence-electron chi connectivity index (χ1n) is 9.46. The van der Waals surface area contributed by atoms with Crippen LogP contribution in [0.3, 0.4) is 0 Å². The number of ether oxygens (including phenoxy) is 1. The highest BCUT2D eigenvalue weighted by atomic mass is 19.3. The van der Waals surface area contributed by atoms with Gasteiger partial charge in [-0.3, -0.25) is 4.79 Å². The van der Waals surface area contributed by atoms with E-state index in [1.165, 1.54) is 30.7 Å². The van der Waals surface area contributed by atoms with Crippen molar-refractivity contribution in [3.8, 4) is 17.2 Å². The summed E-state index contributed by atoms with van der Waals surface area (Å²) in [4.78, 5) is 23.6. The molecule has 9 nitrogen and oxygen atoms in total. The summed E-state index contributed by atoms with van der Waals surface area (Å²) in [6, 6.07) is 11.0. The van der Waals surface area contributed by atoms with Gasteiger partial charge in [-0.15, -0.1) is 0 Å². The molecule has 0 bridgehead atoms. The highest BCUT2D eigenvalue weighted by molar-refractivity contribution is 5.99. The Bertz CT molecular complexity index is 1350. The minimum atomic E-state index is -3.97. The maximum atomic E-state index is 14.3. The largest absolute Gasteiger partial charge is 0.482 e. The molecule has 0 spiro atoms. The molecule has 2 aromatic carbocycles. The van der Waals surface area contributed by atoms with Crippen molar-refractivity contribution < 1.29 is 27.1 Å². The number of rotatable bonds is 5. The molecule has 0 saturated heterocycles. The summed E-state index contributed by atoms with van der Waals surface area (Å²) < 4.78 is 50.7. The second kappa shape index (κ2) is 7.82. The van der Waals surface area contributed by atoms with Crippen molar-refractivity contribution in [1.82, 2.24) is 15.0 Å². The second-order valence-corrected chi connectivity index (χ2v) is 6.84. The zero-order chi connectivity index (χ0) is 23.0. The average Bonchev–Trinajstić information content (AvgIpc) is 3.32. The molecule has 4 aromatic rings. The van der Waals surface area contributed by atoms with Crippen molar-refractivity contribution in [3.63, 3.8) is 0 Å². The molecule has 0 aliphatic carbocycles. The predicted octanol–water partition coefficient (Wildman–Crippen LogP) is 4.68. The van der Waals surface area contributed by atoms with E-state index in [4.69, 9.17) is 4.42 Å². The number of aromatic nitrogens is 3. The van der Waals surface area contributed by atoms with E-state index in [1.54, 1.807) is 18.2 Å². The Morgan fingerprint density at radius 1 is 1.03 bits per heavy atom. The highest BCUT2D eigenvalue weighted by Crippen LogP contribution is 2.37. The number of nitrogens with zero attached hydrogens (tertiary/aromatic N) is 3. The Labute approximate surface area is 183 Å². The lowest BCUT2D eigenvalue weighted by Gasteiger charge is -2.25. The molecule has 2 aromatic heterocycles. The topological polar surface area (TPSA) is 114 Å². The Kier molecular flexibility index (Phi) is 4.81. The monoisotopic (exact) mass is 454 g/mol. The van der Waals surface area contributed by atoms with Crippen molar-refractivity contribution >= 4 is 34.7 Å². The molecular formula is C21H13F3N6O3. The van der Waals surface area contributed by atoms with Crippen LogP contribution in [0.1, 0.15) is 0 Å². The number of alkyl halides is 2. The quantitative estimate of drug-likeness (QED) is 0.398. The fraction of sp³-hybridized carbons (Fsp3) is 0.0476. The van der Waals surface area contributed by atoms with Gasteiger partial charge in [0.2, 0.25) is 11.8 Å². The number of hydrogen-bond acceptors (Lipinski definition) is 8. The third kappa shape index (κ3) is 4.13. The number of oxazole rings is 1. The van der Waals surface area contributed by atoms with Gasteiger partial charge >= 0.3 is 12.0 Å². The standard InChI is InChI=1S/C21H13F3N6O3/c22-14-10-26-20(28-12-3-1-2-11(8-12)18-25-6-7-32-18)30-17(14)27-13-4-5-16-15(9-13)29-19(31)21(23,24)33-16/h1-10H,(H,29,31)(H2,26,27,28,30). The Balaban J connectivity index is 1.36. The molecule has 166 valence electrons. The lowest BCUT2D eigenvalue weighted by Crippen LogP contribution is -2.43. The maximum Gasteiger partial charge on any atom is 0.482 e. The Morgan fingerprint density at radius 2 is 1.88 bits per heavy atom. The van der Waals surface area contributed by atoms with Gasteiger partial charge in [0.25, 0.3) is 0 Å². The van der Waals surface area contributed by atoms with Crippen molar-refractivity contribution in [2.75, 3.05) is 16.0 Å². The van der Waals surface area contributed by atoms with Gasteiger partial charge in [-0.2, -0.15) is 13.8 Å². The lowest BCUT2D eigenvalue weighted by atomic mass is 10.2. The summed E-state index contributed by atoms with van der Waals surface area (Å²) in [5.74, 6) is -2.22. The van der Waals surface area contributed by atoms with Gasteiger partial charge in [0.15, 0.2) is 17.4 Å². The molecule has 5 rings (SSSR count). The van der Waals surface area contributed by atoms with Crippen LogP contribution in [-0.2, 0) is 4.79 Å². The van der Waals surface area contributed by atoms with Crippen LogP contribution in [0.4, 0.5) is 42.0 Å². The normalized spacial score (nSPS) is 14.1. The summed E-state index contributed by atoms with van der Waals surface area (Å²) in [5, 5.41) is 7.74. The first kappa shape index (κ1) is 20.3. The summed E-state index contributed by atoms with van der Waals surface area (Å²) in [5.41, 5.74) is 1.61. The van der Waals surface area contributed by atoms with Gasteiger partial charge in [0.05, 0.1) is 18.1 Å². The van der Waals surface area contributed by atoms with Gasteiger partial charge in [-0.1, -0.05) is 6.07 Å². The third-order valence-electron chi connectivity index (χ3n) is 4.54. The van der Waals surface area contributed by atoms with Gasteiger partial charge in [-0.25, -0.2) is 14.4 Å². The van der Waals surface area contributed by atoms with E-state index in [9.17, 15) is 18.0 Å². The minimum absolute atomic E-state index is 0.00656. The van der Waals surface area contributed by atoms with E-state index in [0.29, 0.717) is 11.6 Å². The van der Waals surface area contributed by atoms with Crippen molar-refractivity contribution in [2.45, 2.75) is 6.11 Å². The summed E-state index contributed by atoms with van der Waals surface area (Å²) in [7, 11) is 0. The Morgan fingerprint density at radius 3 is 2.70 bits per heavy atom. The van der Waals surface area contributed by atoms with E-state index in [1.807, 2.05) is 11.4 Å². The molecule has 1 aliphatic heterocycles. The predicted molar refractivity (Wildman–Crippen MR) is 111 cm³/mol. The number of halogens is 3. The number of nitrogens with one attached hydrogen (secondary N) is 3. The van der Waals surface area contributed by atoms with E-state index in [2.05, 4.69) is 30.3 Å². The third-order valence-corrected chi connectivity index (χ3v) is 4.54. The van der Waals surface area contributed by atoms with Gasteiger partial charge < -0.3 is 25.1 Å². The molecule has 0 radical (unpaired) electrons. The van der Waals surface area contributed by atoms with Crippen LogP contribution in [0.2, 0.25) is 0 Å². The number of fused-ring (bicyclic) bond motifs is 1. The summed E-state index contributed by atoms with van der Waals surface area (Å²) in [6.07, 6.45) is -0.00837. The molecule has 0 atom stereocenters. The maximum absolute atomic E-state index is 14.3. The zero-order valence-corrected chi connectivity index (χ0v) is 16.5. The van der Waals surface area contributed by atoms with Crippen LogP contribution < -0.4 is 20.7 Å². The molecule has 0 unspecified atom stereocenters. The smallest absolute Gasteiger partial charge is 0.445 e. The Hall–Kier alpha value is -4.61. The van der Waals surface area contributed by atoms with Crippen molar-refractivity contribution in [3.05, 3.63) is 66.9 Å². The second-order valence-electron chi connectivity index (χ2n) is 6.84. The van der Waals surface area contributed by atoms with E-state index < -0.39 is 17.8 Å². The van der Waals surface area contributed by atoms with E-state index >= 15 is 0 Å². The van der Waals surface area contributed by atoms with E-state index in [0.717, 1.165) is 11.8 Å². The van der Waals surface area contributed by atoms with Crippen LogP contribution in [0.15, 0.2) is 65.5 Å². The van der Waals surface area contributed by atoms with Gasteiger partial charge in [-0.05, 0) is 36.4 Å². The fourth-order valence-corrected chi connectivity index (χ4v) is 3.05. The SMILES string of the molecule is O=C1Nc2cc(Nc3nc(Nc4cccc(-c5ncco5)c4)ncc3F)ccc2OC1(F)F. The molecule has 0 saturated carbocycles. The number of carbonyl (C=O) groups is 1. The van der Waals surface area contributed by atoms with Crippen molar-refractivity contribution in [2.24, 2.45) is 0 Å². The van der Waals surface area contributed by atoms with Crippen LogP contribution in [0.5, 0.6) is 5.75 Å². The summed E-state index contributed by atoms with van der Waals surface area (Å²) >= 11 is 0. The minimum Gasteiger partial charge on any atom is -0.445 e. The lowest BCUT2D eigenvalue weighted by molar-refractivity contribution is -0.189. The first-order chi connectivity index (χ1) is 15.9. The molecule has 0 fully saturated rings. The van der Waals surface area contributed by atoms with Gasteiger partial charge in [0, 0.05) is 16.9 Å². The van der Waals surface area contributed by atoms with Crippen LogP contribution in [0, 0.1) is 5.82 Å².